The summed E-state index contributed by atoms with van der Waals surface area (Å²) in [6, 6.07) is -0.915. The first-order chi connectivity index (χ1) is 7.82. The smallest absolute Gasteiger partial charge is 0.239 e. The van der Waals surface area contributed by atoms with Gasteiger partial charge in [-0.25, -0.2) is 0 Å². The predicted molar refractivity (Wildman–Crippen MR) is 68.3 cm³/mol. The number of hydrogen-bond acceptors (Lipinski definition) is 3. The van der Waals surface area contributed by atoms with E-state index in [-0.39, 0.29) is 0 Å². The standard InChI is InChI=1S/C12H17ClN2O2/c1-5-6(2)11(17-4)8(7(3)9(5)13)10(14)12(15)16/h10H,14H2,1-4H3,(H2,15,16). The minimum Gasteiger partial charge on any atom is -0.496 e. The van der Waals surface area contributed by atoms with Gasteiger partial charge in [-0.3, -0.25) is 4.79 Å². The van der Waals surface area contributed by atoms with Gasteiger partial charge in [0.1, 0.15) is 11.8 Å². The first-order valence-corrected chi connectivity index (χ1v) is 5.58. The van der Waals surface area contributed by atoms with Crippen molar-refractivity contribution in [3.63, 3.8) is 0 Å². The van der Waals surface area contributed by atoms with E-state index in [1.807, 2.05) is 13.8 Å². The van der Waals surface area contributed by atoms with Gasteiger partial charge >= 0.3 is 0 Å². The van der Waals surface area contributed by atoms with E-state index < -0.39 is 11.9 Å². The summed E-state index contributed by atoms with van der Waals surface area (Å²) in [4.78, 5) is 11.2. The minimum absolute atomic E-state index is 0.563. The van der Waals surface area contributed by atoms with Gasteiger partial charge in [-0.15, -0.1) is 0 Å². The lowest BCUT2D eigenvalue weighted by molar-refractivity contribution is -0.119. The van der Waals surface area contributed by atoms with Crippen LogP contribution >= 0.6 is 11.6 Å². The van der Waals surface area contributed by atoms with Gasteiger partial charge in [0.25, 0.3) is 0 Å². The van der Waals surface area contributed by atoms with Crippen molar-refractivity contribution in [3.05, 3.63) is 27.3 Å². The maximum absolute atomic E-state index is 11.2. The molecule has 4 N–H and O–H groups in total. The van der Waals surface area contributed by atoms with Gasteiger partial charge in [-0.2, -0.15) is 0 Å². The second-order valence-corrected chi connectivity index (χ2v) is 4.39. The van der Waals surface area contributed by atoms with E-state index in [2.05, 4.69) is 0 Å². The van der Waals surface area contributed by atoms with E-state index in [0.717, 1.165) is 16.7 Å². The van der Waals surface area contributed by atoms with Gasteiger partial charge in [0, 0.05) is 10.6 Å². The average Bonchev–Trinajstić information content (AvgIpc) is 2.29. The van der Waals surface area contributed by atoms with Crippen LogP contribution in [-0.4, -0.2) is 13.0 Å². The van der Waals surface area contributed by atoms with Crippen molar-refractivity contribution in [2.75, 3.05) is 7.11 Å². The molecule has 0 radical (unpaired) electrons. The van der Waals surface area contributed by atoms with Gasteiger partial charge in [-0.05, 0) is 37.5 Å². The van der Waals surface area contributed by atoms with Crippen LogP contribution < -0.4 is 16.2 Å². The Bertz CT molecular complexity index is 472. The zero-order valence-corrected chi connectivity index (χ0v) is 11.2. The quantitative estimate of drug-likeness (QED) is 0.865. The summed E-state index contributed by atoms with van der Waals surface area (Å²) < 4.78 is 5.32. The van der Waals surface area contributed by atoms with Crippen LogP contribution in [0, 0.1) is 20.8 Å². The van der Waals surface area contributed by atoms with Crippen LogP contribution in [0.2, 0.25) is 5.02 Å². The third kappa shape index (κ3) is 2.23. The monoisotopic (exact) mass is 256 g/mol. The first-order valence-electron chi connectivity index (χ1n) is 5.20. The third-order valence-corrected chi connectivity index (χ3v) is 3.60. The molecule has 0 aliphatic heterocycles. The van der Waals surface area contributed by atoms with Crippen molar-refractivity contribution in [3.8, 4) is 5.75 Å². The number of methoxy groups -OCH3 is 1. The van der Waals surface area contributed by atoms with Gasteiger partial charge in [0.15, 0.2) is 0 Å². The number of amides is 1. The molecule has 0 saturated heterocycles. The zero-order valence-electron chi connectivity index (χ0n) is 10.4. The number of hydrogen-bond donors (Lipinski definition) is 2. The Kier molecular flexibility index (Phi) is 4.01. The lowest BCUT2D eigenvalue weighted by Gasteiger charge is -2.21. The number of nitrogens with two attached hydrogens (primary N) is 2. The molecule has 94 valence electrons. The number of benzene rings is 1. The number of carbonyl (C=O) groups is 1. The molecule has 1 aromatic rings. The molecule has 1 atom stereocenters. The van der Waals surface area contributed by atoms with Crippen molar-refractivity contribution in [2.45, 2.75) is 26.8 Å². The Hall–Kier alpha value is -1.26. The van der Waals surface area contributed by atoms with E-state index in [0.29, 0.717) is 16.3 Å². The Balaban J connectivity index is 3.63. The summed E-state index contributed by atoms with van der Waals surface area (Å²) in [5.41, 5.74) is 14.1. The second kappa shape index (κ2) is 4.94. The second-order valence-electron chi connectivity index (χ2n) is 4.02. The molecule has 4 nitrogen and oxygen atoms in total. The van der Waals surface area contributed by atoms with Gasteiger partial charge in [-0.1, -0.05) is 11.6 Å². The number of carbonyl (C=O) groups excluding carboxylic acids is 1. The average molecular weight is 257 g/mol. The molecule has 0 aliphatic rings. The van der Waals surface area contributed by atoms with E-state index in [4.69, 9.17) is 27.8 Å². The third-order valence-electron chi connectivity index (χ3n) is 3.03. The zero-order chi connectivity index (χ0) is 13.3. The molecule has 1 unspecified atom stereocenters. The number of ether oxygens (including phenoxy) is 1. The maximum atomic E-state index is 11.2. The Labute approximate surface area is 106 Å². The van der Waals surface area contributed by atoms with Crippen molar-refractivity contribution < 1.29 is 9.53 Å². The maximum Gasteiger partial charge on any atom is 0.239 e. The van der Waals surface area contributed by atoms with Crippen molar-refractivity contribution in [1.82, 2.24) is 0 Å². The lowest BCUT2D eigenvalue weighted by atomic mass is 9.94. The summed E-state index contributed by atoms with van der Waals surface area (Å²) >= 11 is 6.20. The Morgan fingerprint density at radius 2 is 1.76 bits per heavy atom. The van der Waals surface area contributed by atoms with Crippen LogP contribution in [0.3, 0.4) is 0 Å². The highest BCUT2D eigenvalue weighted by Gasteiger charge is 2.24. The van der Waals surface area contributed by atoms with E-state index in [9.17, 15) is 4.79 Å². The van der Waals surface area contributed by atoms with Crippen LogP contribution in [0.4, 0.5) is 0 Å². The predicted octanol–water partition coefficient (Wildman–Crippen LogP) is 1.76. The van der Waals surface area contributed by atoms with E-state index in [1.54, 1.807) is 6.92 Å². The Morgan fingerprint density at radius 3 is 2.18 bits per heavy atom. The van der Waals surface area contributed by atoms with Crippen LogP contribution in [0.5, 0.6) is 5.75 Å². The Morgan fingerprint density at radius 1 is 1.24 bits per heavy atom. The molecule has 0 bridgehead atoms. The fourth-order valence-electron chi connectivity index (χ4n) is 1.89. The van der Waals surface area contributed by atoms with Gasteiger partial charge in [0.2, 0.25) is 5.91 Å². The van der Waals surface area contributed by atoms with Gasteiger partial charge < -0.3 is 16.2 Å². The fraction of sp³-hybridized carbons (Fsp3) is 0.417. The highest BCUT2D eigenvalue weighted by atomic mass is 35.5. The number of primary amides is 1. The molecule has 1 rings (SSSR count). The van der Waals surface area contributed by atoms with Crippen LogP contribution in [-0.2, 0) is 4.79 Å². The molecule has 0 spiro atoms. The van der Waals surface area contributed by atoms with Gasteiger partial charge in [0.05, 0.1) is 7.11 Å². The first kappa shape index (κ1) is 13.8. The molecule has 17 heavy (non-hydrogen) atoms. The summed E-state index contributed by atoms with van der Waals surface area (Å²) in [6.45, 7) is 5.57. The topological polar surface area (TPSA) is 78.3 Å². The summed E-state index contributed by atoms with van der Waals surface area (Å²) in [5.74, 6) is -0.0265. The molecule has 5 heteroatoms. The summed E-state index contributed by atoms with van der Waals surface area (Å²) in [5, 5.41) is 0.593. The van der Waals surface area contributed by atoms with Crippen molar-refractivity contribution in [1.29, 1.82) is 0 Å². The van der Waals surface area contributed by atoms with E-state index in [1.165, 1.54) is 7.11 Å². The highest BCUT2D eigenvalue weighted by molar-refractivity contribution is 6.32. The molecular formula is C12H17ClN2O2. The van der Waals surface area contributed by atoms with Crippen molar-refractivity contribution >= 4 is 17.5 Å². The molecule has 0 saturated carbocycles. The molecule has 0 aliphatic carbocycles. The molecule has 0 fully saturated rings. The normalized spacial score (nSPS) is 12.4. The van der Waals surface area contributed by atoms with Crippen LogP contribution in [0.25, 0.3) is 0 Å². The van der Waals surface area contributed by atoms with Crippen LogP contribution in [0.1, 0.15) is 28.3 Å². The number of rotatable bonds is 3. The highest BCUT2D eigenvalue weighted by Crippen LogP contribution is 2.38. The molecular weight excluding hydrogens is 240 g/mol. The largest absolute Gasteiger partial charge is 0.496 e. The fourth-order valence-corrected chi connectivity index (χ4v) is 2.13. The SMILES string of the molecule is COc1c(C)c(C)c(Cl)c(C)c1C(N)C(N)=O. The van der Waals surface area contributed by atoms with Crippen molar-refractivity contribution in [2.24, 2.45) is 11.5 Å². The van der Waals surface area contributed by atoms with Crippen LogP contribution in [0.15, 0.2) is 0 Å². The summed E-state index contributed by atoms with van der Waals surface area (Å²) in [7, 11) is 1.53. The van der Waals surface area contributed by atoms with E-state index >= 15 is 0 Å². The molecule has 0 heterocycles. The molecule has 1 aromatic carbocycles. The molecule has 0 aromatic heterocycles. The number of halogens is 1. The minimum atomic E-state index is -0.915. The lowest BCUT2D eigenvalue weighted by Crippen LogP contribution is -2.29. The summed E-state index contributed by atoms with van der Waals surface area (Å²) in [6.07, 6.45) is 0. The molecule has 1 amide bonds.